The molecule has 2 aromatic rings. The summed E-state index contributed by atoms with van der Waals surface area (Å²) in [7, 11) is 0. The lowest BCUT2D eigenvalue weighted by Crippen LogP contribution is -2.31. The third-order valence-electron chi connectivity index (χ3n) is 4.47. The van der Waals surface area contributed by atoms with Crippen LogP contribution < -0.4 is 0 Å². The first kappa shape index (κ1) is 14.4. The predicted molar refractivity (Wildman–Crippen MR) is 93.8 cm³/mol. The summed E-state index contributed by atoms with van der Waals surface area (Å²) in [5.74, 6) is 0.444. The highest BCUT2D eigenvalue weighted by Crippen LogP contribution is 2.41. The molecule has 0 amide bonds. The van der Waals surface area contributed by atoms with E-state index >= 15 is 0 Å². The molecule has 0 bridgehead atoms. The molecule has 0 spiro atoms. The van der Waals surface area contributed by atoms with Gasteiger partial charge in [0.05, 0.1) is 10.5 Å². The Bertz CT molecular complexity index is 651. The molecule has 0 aliphatic carbocycles. The number of aryl methyl sites for hydroxylation is 2. The van der Waals surface area contributed by atoms with Crippen molar-refractivity contribution in [3.8, 4) is 0 Å². The highest BCUT2D eigenvalue weighted by molar-refractivity contribution is 8.02. The van der Waals surface area contributed by atoms with Crippen molar-refractivity contribution < 1.29 is 4.79 Å². The molecule has 22 heavy (non-hydrogen) atoms. The molecule has 2 heterocycles. The smallest absolute Gasteiger partial charge is 0.159 e. The molecule has 0 N–H and O–H groups in total. The first-order valence-electron chi connectivity index (χ1n) is 7.84. The maximum Gasteiger partial charge on any atom is 0.159 e. The molecule has 2 aromatic carbocycles. The van der Waals surface area contributed by atoms with Crippen molar-refractivity contribution in [2.45, 2.75) is 46.0 Å². The topological polar surface area (TPSA) is 17.1 Å². The summed E-state index contributed by atoms with van der Waals surface area (Å²) >= 11 is 3.55. The zero-order valence-electron chi connectivity index (χ0n) is 12.3. The molecule has 0 fully saturated rings. The van der Waals surface area contributed by atoms with E-state index in [9.17, 15) is 4.79 Å². The summed E-state index contributed by atoms with van der Waals surface area (Å²) < 4.78 is 0. The summed E-state index contributed by atoms with van der Waals surface area (Å²) in [6.07, 6.45) is 4.04. The molecule has 1 nitrogen and oxygen atoms in total. The monoisotopic (exact) mass is 326 g/mol. The minimum atomic E-state index is 0.137. The van der Waals surface area contributed by atoms with Gasteiger partial charge in [-0.05, 0) is 48.9 Å². The molecule has 112 valence electrons. The van der Waals surface area contributed by atoms with E-state index in [1.54, 1.807) is 23.5 Å². The van der Waals surface area contributed by atoms with Gasteiger partial charge in [-0.3, -0.25) is 4.79 Å². The number of thioether (sulfide) groups is 2. The molecule has 0 saturated carbocycles. The molecule has 0 saturated heterocycles. The van der Waals surface area contributed by atoms with Crippen molar-refractivity contribution in [3.63, 3.8) is 0 Å². The van der Waals surface area contributed by atoms with Crippen molar-refractivity contribution in [2.24, 2.45) is 0 Å². The Labute approximate surface area is 139 Å². The summed E-state index contributed by atoms with van der Waals surface area (Å²) in [5.41, 5.74) is 2.80. The largest absolute Gasteiger partial charge is 0.297 e. The molecule has 2 unspecified atom stereocenters. The number of rotatable bonds is 2. The number of Topliss-reactive ketones (excluding diaryl/α,β-unsaturated/α-hetero) is 1. The molecule has 4 rings (SSSR count). The van der Waals surface area contributed by atoms with E-state index in [1.165, 1.54) is 20.9 Å². The fraction of sp³-hybridized carbons (Fsp3) is 0.316. The van der Waals surface area contributed by atoms with Gasteiger partial charge in [-0.15, -0.1) is 23.5 Å². The Balaban J connectivity index is 1.50. The van der Waals surface area contributed by atoms with E-state index in [1.807, 2.05) is 0 Å². The summed E-state index contributed by atoms with van der Waals surface area (Å²) in [6.45, 7) is 0. The van der Waals surface area contributed by atoms with Crippen LogP contribution in [0.2, 0.25) is 0 Å². The van der Waals surface area contributed by atoms with E-state index in [0.29, 0.717) is 5.78 Å². The Kier molecular flexibility index (Phi) is 4.01. The van der Waals surface area contributed by atoms with Crippen molar-refractivity contribution >= 4 is 29.3 Å². The van der Waals surface area contributed by atoms with Gasteiger partial charge in [-0.1, -0.05) is 36.4 Å². The summed E-state index contributed by atoms with van der Waals surface area (Å²) in [4.78, 5) is 15.5. The molecule has 2 aliphatic rings. The van der Waals surface area contributed by atoms with Crippen molar-refractivity contribution in [1.29, 1.82) is 0 Å². The number of fused-ring (bicyclic) bond motifs is 2. The van der Waals surface area contributed by atoms with Gasteiger partial charge in [0.15, 0.2) is 5.78 Å². The lowest BCUT2D eigenvalue weighted by molar-refractivity contribution is -0.118. The fourth-order valence-corrected chi connectivity index (χ4v) is 5.94. The van der Waals surface area contributed by atoms with Crippen LogP contribution in [-0.4, -0.2) is 16.3 Å². The highest BCUT2D eigenvalue weighted by atomic mass is 32.2. The van der Waals surface area contributed by atoms with Crippen LogP contribution in [0.15, 0.2) is 58.3 Å². The van der Waals surface area contributed by atoms with Gasteiger partial charge in [0.25, 0.3) is 0 Å². The van der Waals surface area contributed by atoms with Crippen molar-refractivity contribution in [3.05, 3.63) is 59.7 Å². The predicted octanol–water partition coefficient (Wildman–Crippen LogP) is 4.77. The second kappa shape index (κ2) is 6.13. The molecule has 0 radical (unpaired) electrons. The SMILES string of the molecule is O=C(C1CCc2ccccc2S1)C1CCc2ccccc2S1. The van der Waals surface area contributed by atoms with Crippen LogP contribution >= 0.6 is 23.5 Å². The average Bonchev–Trinajstić information content (AvgIpc) is 2.60. The first-order chi connectivity index (χ1) is 10.8. The number of benzene rings is 2. The average molecular weight is 326 g/mol. The van der Waals surface area contributed by atoms with Crippen LogP contribution in [0.3, 0.4) is 0 Å². The number of hydrogen-bond acceptors (Lipinski definition) is 3. The van der Waals surface area contributed by atoms with Crippen molar-refractivity contribution in [2.75, 3.05) is 0 Å². The van der Waals surface area contributed by atoms with Gasteiger partial charge in [0.2, 0.25) is 0 Å². The third-order valence-corrected chi connectivity index (χ3v) is 7.28. The lowest BCUT2D eigenvalue weighted by atomic mass is 10.00. The van der Waals surface area contributed by atoms with Crippen LogP contribution in [-0.2, 0) is 17.6 Å². The first-order valence-corrected chi connectivity index (χ1v) is 9.60. The van der Waals surface area contributed by atoms with Gasteiger partial charge in [-0.25, -0.2) is 0 Å². The molecular weight excluding hydrogens is 308 g/mol. The van der Waals surface area contributed by atoms with Crippen LogP contribution in [0.4, 0.5) is 0 Å². The molecule has 2 atom stereocenters. The summed E-state index contributed by atoms with van der Waals surface area (Å²) in [6, 6.07) is 17.0. The maximum atomic E-state index is 12.9. The minimum Gasteiger partial charge on any atom is -0.297 e. The van der Waals surface area contributed by atoms with Gasteiger partial charge in [0, 0.05) is 9.79 Å². The van der Waals surface area contributed by atoms with E-state index < -0.39 is 0 Å². The lowest BCUT2D eigenvalue weighted by Gasteiger charge is -2.29. The standard InChI is InChI=1S/C19H18OS2/c20-19(17-11-9-13-5-1-3-7-15(13)21-17)18-12-10-14-6-2-4-8-16(14)22-18/h1-8,17-18H,9-12H2. The number of carbonyl (C=O) groups excluding carboxylic acids is 1. The Morgan fingerprint density at radius 3 is 1.73 bits per heavy atom. The van der Waals surface area contributed by atoms with Crippen molar-refractivity contribution in [1.82, 2.24) is 0 Å². The van der Waals surface area contributed by atoms with E-state index in [2.05, 4.69) is 48.5 Å². The van der Waals surface area contributed by atoms with E-state index in [0.717, 1.165) is 25.7 Å². The fourth-order valence-electron chi connectivity index (χ4n) is 3.26. The van der Waals surface area contributed by atoms with Gasteiger partial charge >= 0.3 is 0 Å². The van der Waals surface area contributed by atoms with Crippen LogP contribution in [0, 0.1) is 0 Å². The van der Waals surface area contributed by atoms with E-state index in [-0.39, 0.29) is 10.5 Å². The summed E-state index contributed by atoms with van der Waals surface area (Å²) in [5, 5.41) is 0.273. The Morgan fingerprint density at radius 1 is 0.773 bits per heavy atom. The number of hydrogen-bond donors (Lipinski definition) is 0. The van der Waals surface area contributed by atoms with Crippen LogP contribution in [0.1, 0.15) is 24.0 Å². The minimum absolute atomic E-state index is 0.137. The zero-order valence-corrected chi connectivity index (χ0v) is 14.0. The quantitative estimate of drug-likeness (QED) is 0.791. The Morgan fingerprint density at radius 2 is 1.23 bits per heavy atom. The zero-order chi connectivity index (χ0) is 14.9. The maximum absolute atomic E-state index is 12.9. The van der Waals surface area contributed by atoms with Gasteiger partial charge in [-0.2, -0.15) is 0 Å². The third kappa shape index (κ3) is 2.72. The molecule has 3 heteroatoms. The normalized spacial score (nSPS) is 23.5. The molecule has 0 aromatic heterocycles. The Hall–Kier alpha value is -1.19. The van der Waals surface area contributed by atoms with Crippen LogP contribution in [0.25, 0.3) is 0 Å². The van der Waals surface area contributed by atoms with E-state index in [4.69, 9.17) is 0 Å². The number of ketones is 1. The van der Waals surface area contributed by atoms with Gasteiger partial charge in [0.1, 0.15) is 0 Å². The highest BCUT2D eigenvalue weighted by Gasteiger charge is 2.33. The second-order valence-electron chi connectivity index (χ2n) is 5.91. The number of carbonyl (C=O) groups is 1. The molecular formula is C19H18OS2. The molecule has 2 aliphatic heterocycles. The second-order valence-corrected chi connectivity index (χ2v) is 8.40. The van der Waals surface area contributed by atoms with Crippen LogP contribution in [0.5, 0.6) is 0 Å². The van der Waals surface area contributed by atoms with Gasteiger partial charge < -0.3 is 0 Å².